The Morgan fingerprint density at radius 2 is 1.61 bits per heavy atom. The molecule has 0 aliphatic carbocycles. The summed E-state index contributed by atoms with van der Waals surface area (Å²) in [6.45, 7) is -0.00642. The van der Waals surface area contributed by atoms with Crippen LogP contribution in [0.1, 0.15) is 10.4 Å². The summed E-state index contributed by atoms with van der Waals surface area (Å²) >= 11 is 0. The minimum Gasteiger partial charge on any atom is -0.507 e. The molecule has 0 heterocycles. The van der Waals surface area contributed by atoms with Gasteiger partial charge in [-0.2, -0.15) is 0 Å². The van der Waals surface area contributed by atoms with Crippen molar-refractivity contribution in [2.75, 3.05) is 19.8 Å². The van der Waals surface area contributed by atoms with Crippen molar-refractivity contribution in [1.82, 2.24) is 5.32 Å². The van der Waals surface area contributed by atoms with E-state index < -0.39 is 18.5 Å². The Kier molecular flexibility index (Phi) is 5.96. The number of amides is 1. The smallest absolute Gasteiger partial charge is 0.342 e. The number of hydrogen-bond donors (Lipinski definition) is 3. The summed E-state index contributed by atoms with van der Waals surface area (Å²) in [5, 5.41) is 23.6. The molecule has 0 saturated carbocycles. The SMILES string of the molecule is O=C(COC(=O)c1cc(O)c2ccccc2c1O)NCCOc1ccccc1. The molecular weight excluding hydrogens is 362 g/mol. The lowest BCUT2D eigenvalue weighted by atomic mass is 10.0. The zero-order valence-electron chi connectivity index (χ0n) is 14.9. The fraction of sp³-hybridized carbons (Fsp3) is 0.143. The van der Waals surface area contributed by atoms with E-state index in [2.05, 4.69) is 5.32 Å². The van der Waals surface area contributed by atoms with Gasteiger partial charge in [0, 0.05) is 10.8 Å². The summed E-state index contributed by atoms with van der Waals surface area (Å²) in [6.07, 6.45) is 0. The number of aromatic hydroxyl groups is 2. The number of nitrogens with one attached hydrogen (secondary N) is 1. The fourth-order valence-corrected chi connectivity index (χ4v) is 2.63. The number of hydrogen-bond acceptors (Lipinski definition) is 6. The second kappa shape index (κ2) is 8.77. The molecular formula is C21H19NO6. The number of ether oxygens (including phenoxy) is 2. The van der Waals surface area contributed by atoms with Crippen LogP contribution in [-0.2, 0) is 9.53 Å². The van der Waals surface area contributed by atoms with Gasteiger partial charge in [-0.05, 0) is 18.2 Å². The molecule has 28 heavy (non-hydrogen) atoms. The first kappa shape index (κ1) is 19.0. The predicted octanol–water partition coefficient (Wildman–Crippen LogP) is 2.60. The van der Waals surface area contributed by atoms with Crippen molar-refractivity contribution in [1.29, 1.82) is 0 Å². The summed E-state index contributed by atoms with van der Waals surface area (Å²) in [7, 11) is 0. The van der Waals surface area contributed by atoms with Crippen LogP contribution in [0.2, 0.25) is 0 Å². The third kappa shape index (κ3) is 4.50. The van der Waals surface area contributed by atoms with E-state index in [-0.39, 0.29) is 30.2 Å². The lowest BCUT2D eigenvalue weighted by molar-refractivity contribution is -0.124. The number of benzene rings is 3. The molecule has 1 amide bonds. The molecule has 0 aliphatic heterocycles. The van der Waals surface area contributed by atoms with E-state index in [9.17, 15) is 19.8 Å². The van der Waals surface area contributed by atoms with E-state index in [1.165, 1.54) is 0 Å². The van der Waals surface area contributed by atoms with Crippen LogP contribution in [0.15, 0.2) is 60.7 Å². The molecule has 3 rings (SSSR count). The second-order valence-electron chi connectivity index (χ2n) is 5.93. The van der Waals surface area contributed by atoms with Crippen LogP contribution in [-0.4, -0.2) is 41.8 Å². The van der Waals surface area contributed by atoms with Crippen molar-refractivity contribution in [3.8, 4) is 17.2 Å². The Labute approximate surface area is 161 Å². The predicted molar refractivity (Wildman–Crippen MR) is 103 cm³/mol. The number of para-hydroxylation sites is 1. The maximum Gasteiger partial charge on any atom is 0.342 e. The third-order valence-electron chi connectivity index (χ3n) is 3.98. The van der Waals surface area contributed by atoms with Crippen LogP contribution in [0, 0.1) is 0 Å². The highest BCUT2D eigenvalue weighted by Crippen LogP contribution is 2.35. The van der Waals surface area contributed by atoms with Crippen molar-refractivity contribution in [2.45, 2.75) is 0 Å². The van der Waals surface area contributed by atoms with Crippen LogP contribution < -0.4 is 10.1 Å². The van der Waals surface area contributed by atoms with E-state index in [1.807, 2.05) is 18.2 Å². The Morgan fingerprint density at radius 3 is 2.36 bits per heavy atom. The number of carbonyl (C=O) groups excluding carboxylic acids is 2. The van der Waals surface area contributed by atoms with Crippen LogP contribution in [0.5, 0.6) is 17.2 Å². The Morgan fingerprint density at radius 1 is 0.929 bits per heavy atom. The average Bonchev–Trinajstić information content (AvgIpc) is 2.73. The van der Waals surface area contributed by atoms with Crippen LogP contribution in [0.4, 0.5) is 0 Å². The highest BCUT2D eigenvalue weighted by Gasteiger charge is 2.19. The minimum atomic E-state index is -0.908. The standard InChI is InChI=1S/C21H19NO6/c23-18-12-17(20(25)16-9-5-4-8-15(16)18)21(26)28-13-19(24)22-10-11-27-14-6-2-1-3-7-14/h1-9,12,23,25H,10-11,13H2,(H,22,24). The molecule has 144 valence electrons. The Balaban J connectivity index is 1.50. The van der Waals surface area contributed by atoms with Gasteiger partial charge in [0.2, 0.25) is 0 Å². The van der Waals surface area contributed by atoms with Gasteiger partial charge in [0.1, 0.15) is 29.4 Å². The van der Waals surface area contributed by atoms with Crippen LogP contribution in [0.3, 0.4) is 0 Å². The molecule has 0 bridgehead atoms. The Hall–Kier alpha value is -3.74. The number of phenols is 2. The van der Waals surface area contributed by atoms with Gasteiger partial charge in [0.05, 0.1) is 6.54 Å². The minimum absolute atomic E-state index is 0.164. The lowest BCUT2D eigenvalue weighted by Crippen LogP contribution is -2.32. The van der Waals surface area contributed by atoms with E-state index >= 15 is 0 Å². The molecule has 0 atom stereocenters. The summed E-state index contributed by atoms with van der Waals surface area (Å²) in [5.74, 6) is -1.20. The first-order valence-corrected chi connectivity index (χ1v) is 8.61. The molecule has 0 aromatic heterocycles. The van der Waals surface area contributed by atoms with Crippen molar-refractivity contribution >= 4 is 22.6 Å². The monoisotopic (exact) mass is 381 g/mol. The van der Waals surface area contributed by atoms with Gasteiger partial charge in [-0.1, -0.05) is 42.5 Å². The first-order chi connectivity index (χ1) is 13.6. The van der Waals surface area contributed by atoms with Crippen LogP contribution >= 0.6 is 0 Å². The molecule has 0 saturated heterocycles. The zero-order chi connectivity index (χ0) is 19.9. The van der Waals surface area contributed by atoms with Gasteiger partial charge in [-0.15, -0.1) is 0 Å². The van der Waals surface area contributed by atoms with Crippen molar-refractivity contribution in [3.63, 3.8) is 0 Å². The molecule has 7 nitrogen and oxygen atoms in total. The molecule has 3 aromatic rings. The maximum absolute atomic E-state index is 12.2. The Bertz CT molecular complexity index is 987. The van der Waals surface area contributed by atoms with Crippen molar-refractivity contribution < 1.29 is 29.3 Å². The maximum atomic E-state index is 12.2. The number of esters is 1. The fourth-order valence-electron chi connectivity index (χ4n) is 2.63. The van der Waals surface area contributed by atoms with Crippen LogP contribution in [0.25, 0.3) is 10.8 Å². The van der Waals surface area contributed by atoms with E-state index in [0.29, 0.717) is 16.5 Å². The molecule has 0 unspecified atom stereocenters. The third-order valence-corrected chi connectivity index (χ3v) is 3.98. The van der Waals surface area contributed by atoms with E-state index in [0.717, 1.165) is 6.07 Å². The molecule has 3 aromatic carbocycles. The zero-order valence-corrected chi connectivity index (χ0v) is 14.9. The largest absolute Gasteiger partial charge is 0.507 e. The number of fused-ring (bicyclic) bond motifs is 1. The number of carbonyl (C=O) groups is 2. The van der Waals surface area contributed by atoms with E-state index in [4.69, 9.17) is 9.47 Å². The average molecular weight is 381 g/mol. The number of phenolic OH excluding ortho intramolecular Hbond substituents is 2. The van der Waals surface area contributed by atoms with Gasteiger partial charge in [-0.3, -0.25) is 4.79 Å². The topological polar surface area (TPSA) is 105 Å². The molecule has 0 aliphatic rings. The molecule has 7 heteroatoms. The van der Waals surface area contributed by atoms with Crippen molar-refractivity contribution in [2.24, 2.45) is 0 Å². The summed E-state index contributed by atoms with van der Waals surface area (Å²) < 4.78 is 10.4. The quantitative estimate of drug-likeness (QED) is 0.330. The van der Waals surface area contributed by atoms with E-state index in [1.54, 1.807) is 36.4 Å². The summed E-state index contributed by atoms with van der Waals surface area (Å²) in [4.78, 5) is 24.0. The van der Waals surface area contributed by atoms with Gasteiger partial charge >= 0.3 is 5.97 Å². The van der Waals surface area contributed by atoms with Gasteiger partial charge in [-0.25, -0.2) is 4.79 Å². The van der Waals surface area contributed by atoms with Gasteiger partial charge in [0.15, 0.2) is 6.61 Å². The van der Waals surface area contributed by atoms with Crippen molar-refractivity contribution in [3.05, 3.63) is 66.2 Å². The lowest BCUT2D eigenvalue weighted by Gasteiger charge is -2.10. The normalized spacial score (nSPS) is 10.4. The highest BCUT2D eigenvalue weighted by atomic mass is 16.5. The summed E-state index contributed by atoms with van der Waals surface area (Å²) in [5.41, 5.74) is -0.212. The molecule has 0 radical (unpaired) electrons. The second-order valence-corrected chi connectivity index (χ2v) is 5.93. The molecule has 0 spiro atoms. The molecule has 0 fully saturated rings. The summed E-state index contributed by atoms with van der Waals surface area (Å²) in [6, 6.07) is 16.8. The van der Waals surface area contributed by atoms with Gasteiger partial charge in [0.25, 0.3) is 5.91 Å². The van der Waals surface area contributed by atoms with Gasteiger partial charge < -0.3 is 25.0 Å². The number of rotatable bonds is 7. The highest BCUT2D eigenvalue weighted by molar-refractivity contribution is 6.04. The first-order valence-electron chi connectivity index (χ1n) is 8.61. The molecule has 3 N–H and O–H groups in total.